The van der Waals surface area contributed by atoms with Gasteiger partial charge in [0.1, 0.15) is 0 Å². The Morgan fingerprint density at radius 2 is 2.27 bits per heavy atom. The largest absolute Gasteiger partial charge is 0.307 e. The fourth-order valence-electron chi connectivity index (χ4n) is 1.26. The van der Waals surface area contributed by atoms with Crippen molar-refractivity contribution < 1.29 is 0 Å². The van der Waals surface area contributed by atoms with Gasteiger partial charge in [0.25, 0.3) is 0 Å². The zero-order chi connectivity index (χ0) is 10.8. The van der Waals surface area contributed by atoms with Crippen molar-refractivity contribution in [3.63, 3.8) is 0 Å². The molecule has 0 aliphatic carbocycles. The molecule has 2 nitrogen and oxygen atoms in total. The van der Waals surface area contributed by atoms with Crippen molar-refractivity contribution in [2.75, 3.05) is 0 Å². The van der Waals surface area contributed by atoms with Crippen LogP contribution in [0.3, 0.4) is 0 Å². The molecular weight excluding hydrogens is 345 g/mol. The van der Waals surface area contributed by atoms with E-state index < -0.39 is 0 Å². The summed E-state index contributed by atoms with van der Waals surface area (Å²) >= 11 is 9.36. The number of nitrogens with zero attached hydrogens (tertiary/aromatic N) is 1. The fourth-order valence-corrected chi connectivity index (χ4v) is 2.54. The molecule has 2 aromatic rings. The second kappa shape index (κ2) is 4.67. The number of benzene rings is 1. The molecule has 0 aliphatic heterocycles. The topological polar surface area (TPSA) is 22.0 Å². The summed E-state index contributed by atoms with van der Waals surface area (Å²) in [7, 11) is 0. The normalized spacial score (nSPS) is 10.5. The van der Waals surface area contributed by atoms with Gasteiger partial charge in [-0.2, -0.15) is 0 Å². The van der Waals surface area contributed by atoms with E-state index in [9.17, 15) is 4.79 Å². The Morgan fingerprint density at radius 3 is 2.93 bits per heavy atom. The van der Waals surface area contributed by atoms with Gasteiger partial charge >= 0.3 is 4.87 Å². The molecular formula is C10H7ClINOS. The Kier molecular flexibility index (Phi) is 3.48. The molecule has 1 heterocycles. The minimum absolute atomic E-state index is 0.0609. The second-order valence-corrected chi connectivity index (χ2v) is 5.49. The van der Waals surface area contributed by atoms with E-state index in [0.29, 0.717) is 11.6 Å². The highest BCUT2D eigenvalue weighted by Gasteiger charge is 2.03. The van der Waals surface area contributed by atoms with E-state index in [1.165, 1.54) is 11.3 Å². The molecule has 5 heteroatoms. The minimum Gasteiger partial charge on any atom is -0.301 e. The van der Waals surface area contributed by atoms with Gasteiger partial charge in [0, 0.05) is 20.2 Å². The molecule has 0 unspecified atom stereocenters. The summed E-state index contributed by atoms with van der Waals surface area (Å²) in [5, 5.41) is 2.49. The predicted molar refractivity (Wildman–Crippen MR) is 71.9 cm³/mol. The SMILES string of the molecule is O=c1sccn1Cc1cc(Cl)ccc1I. The van der Waals surface area contributed by atoms with Crippen molar-refractivity contribution >= 4 is 45.5 Å². The number of rotatable bonds is 2. The first-order valence-corrected chi connectivity index (χ1v) is 6.58. The van der Waals surface area contributed by atoms with Crippen molar-refractivity contribution in [1.29, 1.82) is 0 Å². The summed E-state index contributed by atoms with van der Waals surface area (Å²) in [5.74, 6) is 0. The number of halogens is 2. The molecule has 0 spiro atoms. The second-order valence-electron chi connectivity index (χ2n) is 3.03. The molecule has 0 fully saturated rings. The molecule has 0 aliphatic rings. The summed E-state index contributed by atoms with van der Waals surface area (Å²) < 4.78 is 2.80. The van der Waals surface area contributed by atoms with Gasteiger partial charge in [-0.25, -0.2) is 0 Å². The van der Waals surface area contributed by atoms with E-state index in [2.05, 4.69) is 22.6 Å². The minimum atomic E-state index is 0.0609. The maximum Gasteiger partial charge on any atom is 0.307 e. The lowest BCUT2D eigenvalue weighted by Gasteiger charge is -2.05. The molecule has 1 aromatic heterocycles. The molecule has 0 saturated carbocycles. The lowest BCUT2D eigenvalue weighted by molar-refractivity contribution is 0.781. The van der Waals surface area contributed by atoms with Gasteiger partial charge in [-0.05, 0) is 46.4 Å². The van der Waals surface area contributed by atoms with Crippen molar-refractivity contribution in [2.45, 2.75) is 6.54 Å². The first-order chi connectivity index (χ1) is 7.16. The molecule has 78 valence electrons. The Bertz CT molecular complexity index is 534. The van der Waals surface area contributed by atoms with Gasteiger partial charge in [0.2, 0.25) is 0 Å². The summed E-state index contributed by atoms with van der Waals surface area (Å²) in [4.78, 5) is 11.4. The lowest BCUT2D eigenvalue weighted by atomic mass is 10.2. The maximum absolute atomic E-state index is 11.4. The molecule has 0 amide bonds. The average molecular weight is 352 g/mol. The number of aromatic nitrogens is 1. The van der Waals surface area contributed by atoms with Crippen LogP contribution in [0.15, 0.2) is 34.6 Å². The van der Waals surface area contributed by atoms with Gasteiger partial charge in [-0.3, -0.25) is 4.79 Å². The third-order valence-electron chi connectivity index (χ3n) is 1.99. The van der Waals surface area contributed by atoms with E-state index in [1.54, 1.807) is 16.1 Å². The van der Waals surface area contributed by atoms with Crippen LogP contribution < -0.4 is 4.87 Å². The number of hydrogen-bond acceptors (Lipinski definition) is 2. The molecule has 0 bridgehead atoms. The van der Waals surface area contributed by atoms with Gasteiger partial charge in [-0.1, -0.05) is 22.9 Å². The number of thiazole rings is 1. The summed E-state index contributed by atoms with van der Waals surface area (Å²) in [5.41, 5.74) is 1.07. The van der Waals surface area contributed by atoms with Crippen LogP contribution in [0.4, 0.5) is 0 Å². The third-order valence-corrected chi connectivity index (χ3v) is 3.97. The van der Waals surface area contributed by atoms with Gasteiger partial charge in [0.15, 0.2) is 0 Å². The monoisotopic (exact) mass is 351 g/mol. The van der Waals surface area contributed by atoms with Crippen LogP contribution >= 0.6 is 45.5 Å². The smallest absolute Gasteiger partial charge is 0.301 e. The summed E-state index contributed by atoms with van der Waals surface area (Å²) in [6, 6.07) is 5.70. The third kappa shape index (κ3) is 2.62. The summed E-state index contributed by atoms with van der Waals surface area (Å²) in [6.45, 7) is 0.584. The average Bonchev–Trinajstić information content (AvgIpc) is 2.58. The van der Waals surface area contributed by atoms with E-state index in [-0.39, 0.29) is 4.87 Å². The summed E-state index contributed by atoms with van der Waals surface area (Å²) in [6.07, 6.45) is 1.80. The van der Waals surface area contributed by atoms with Crippen molar-refractivity contribution in [3.05, 3.63) is 53.6 Å². The molecule has 0 saturated heterocycles. The Labute approximate surface area is 110 Å². The van der Waals surface area contributed by atoms with Crippen LogP contribution in [-0.4, -0.2) is 4.57 Å². The van der Waals surface area contributed by atoms with Crippen LogP contribution in [-0.2, 0) is 6.54 Å². The standard InChI is InChI=1S/C10H7ClINOS/c11-8-1-2-9(12)7(5-8)6-13-3-4-15-10(13)14/h1-5H,6H2. The zero-order valence-corrected chi connectivity index (χ0v) is 11.3. The van der Waals surface area contributed by atoms with Crippen molar-refractivity contribution in [1.82, 2.24) is 4.57 Å². The van der Waals surface area contributed by atoms with Gasteiger partial charge < -0.3 is 4.57 Å². The van der Waals surface area contributed by atoms with E-state index in [4.69, 9.17) is 11.6 Å². The molecule has 2 rings (SSSR count). The van der Waals surface area contributed by atoms with E-state index in [1.807, 2.05) is 18.2 Å². The van der Waals surface area contributed by atoms with Crippen LogP contribution in [0.5, 0.6) is 0 Å². The maximum atomic E-state index is 11.4. The quantitative estimate of drug-likeness (QED) is 0.762. The fraction of sp³-hybridized carbons (Fsp3) is 0.100. The van der Waals surface area contributed by atoms with Crippen LogP contribution in [0.1, 0.15) is 5.56 Å². The lowest BCUT2D eigenvalue weighted by Crippen LogP contribution is -2.13. The van der Waals surface area contributed by atoms with Gasteiger partial charge in [0.05, 0.1) is 6.54 Å². The zero-order valence-electron chi connectivity index (χ0n) is 7.61. The van der Waals surface area contributed by atoms with Crippen LogP contribution in [0.2, 0.25) is 5.02 Å². The van der Waals surface area contributed by atoms with Crippen LogP contribution in [0.25, 0.3) is 0 Å². The number of hydrogen-bond donors (Lipinski definition) is 0. The first-order valence-electron chi connectivity index (χ1n) is 4.24. The molecule has 0 atom stereocenters. The molecule has 0 radical (unpaired) electrons. The van der Waals surface area contributed by atoms with E-state index >= 15 is 0 Å². The Hall–Kier alpha value is -0.330. The molecule has 1 aromatic carbocycles. The molecule has 0 N–H and O–H groups in total. The van der Waals surface area contributed by atoms with Crippen molar-refractivity contribution in [3.8, 4) is 0 Å². The van der Waals surface area contributed by atoms with Crippen LogP contribution in [0, 0.1) is 3.57 Å². The Balaban J connectivity index is 2.36. The van der Waals surface area contributed by atoms with E-state index in [0.717, 1.165) is 9.13 Å². The highest BCUT2D eigenvalue weighted by atomic mass is 127. The first kappa shape index (κ1) is 11.2. The predicted octanol–water partition coefficient (Wildman–Crippen LogP) is 3.22. The highest BCUT2D eigenvalue weighted by molar-refractivity contribution is 14.1. The molecule has 15 heavy (non-hydrogen) atoms. The van der Waals surface area contributed by atoms with Crippen molar-refractivity contribution in [2.24, 2.45) is 0 Å². The van der Waals surface area contributed by atoms with Gasteiger partial charge in [-0.15, -0.1) is 0 Å². The Morgan fingerprint density at radius 1 is 1.47 bits per heavy atom. The highest BCUT2D eigenvalue weighted by Crippen LogP contribution is 2.18.